The SMILES string of the molecule is CC1C(=O)NCCN1S(=O)(=O)c1ccc(C(N)=S)nc1. The molecule has 1 saturated heterocycles. The molecule has 9 heteroatoms. The van der Waals surface area contributed by atoms with Crippen molar-refractivity contribution in [1.29, 1.82) is 0 Å². The van der Waals surface area contributed by atoms with Gasteiger partial charge in [-0.2, -0.15) is 4.31 Å². The van der Waals surface area contributed by atoms with Gasteiger partial charge in [-0.1, -0.05) is 12.2 Å². The summed E-state index contributed by atoms with van der Waals surface area (Å²) < 4.78 is 26.1. The van der Waals surface area contributed by atoms with Crippen LogP contribution < -0.4 is 11.1 Å². The van der Waals surface area contributed by atoms with Gasteiger partial charge < -0.3 is 11.1 Å². The van der Waals surface area contributed by atoms with Crippen LogP contribution in [0, 0.1) is 0 Å². The molecule has 7 nitrogen and oxygen atoms in total. The average molecular weight is 314 g/mol. The van der Waals surface area contributed by atoms with E-state index in [9.17, 15) is 13.2 Å². The number of sulfonamides is 1. The van der Waals surface area contributed by atoms with Gasteiger partial charge in [0.1, 0.15) is 15.9 Å². The Kier molecular flexibility index (Phi) is 4.02. The van der Waals surface area contributed by atoms with Crippen molar-refractivity contribution in [2.75, 3.05) is 13.1 Å². The second kappa shape index (κ2) is 5.43. The first-order valence-corrected chi connectivity index (χ1v) is 7.74. The number of hydrogen-bond donors (Lipinski definition) is 2. The second-order valence-electron chi connectivity index (χ2n) is 4.33. The molecule has 2 rings (SSSR count). The van der Waals surface area contributed by atoms with Crippen LogP contribution in [-0.4, -0.2) is 47.7 Å². The van der Waals surface area contributed by atoms with Gasteiger partial charge in [0.05, 0.1) is 5.69 Å². The fraction of sp³-hybridized carbons (Fsp3) is 0.364. The lowest BCUT2D eigenvalue weighted by molar-refractivity contribution is -0.126. The summed E-state index contributed by atoms with van der Waals surface area (Å²) in [4.78, 5) is 15.6. The lowest BCUT2D eigenvalue weighted by Gasteiger charge is -2.31. The van der Waals surface area contributed by atoms with Crippen LogP contribution in [0.5, 0.6) is 0 Å². The minimum atomic E-state index is -3.76. The number of carbonyl (C=O) groups is 1. The van der Waals surface area contributed by atoms with Gasteiger partial charge in [0.15, 0.2) is 0 Å². The van der Waals surface area contributed by atoms with Crippen molar-refractivity contribution in [3.05, 3.63) is 24.0 Å². The van der Waals surface area contributed by atoms with E-state index in [0.717, 1.165) is 4.31 Å². The Morgan fingerprint density at radius 2 is 2.25 bits per heavy atom. The van der Waals surface area contributed by atoms with E-state index >= 15 is 0 Å². The van der Waals surface area contributed by atoms with E-state index < -0.39 is 16.1 Å². The molecule has 1 aromatic rings. The van der Waals surface area contributed by atoms with Crippen molar-refractivity contribution < 1.29 is 13.2 Å². The minimum absolute atomic E-state index is 0.0130. The van der Waals surface area contributed by atoms with Crippen molar-refractivity contribution in [1.82, 2.24) is 14.6 Å². The number of rotatable bonds is 3. The largest absolute Gasteiger partial charge is 0.388 e. The lowest BCUT2D eigenvalue weighted by atomic mass is 10.2. The number of piperazine rings is 1. The van der Waals surface area contributed by atoms with Gasteiger partial charge in [0, 0.05) is 19.3 Å². The normalized spacial score (nSPS) is 20.4. The van der Waals surface area contributed by atoms with Crippen LogP contribution in [0.15, 0.2) is 23.2 Å². The number of amides is 1. The third-order valence-corrected chi connectivity index (χ3v) is 5.20. The number of nitrogens with zero attached hydrogens (tertiary/aromatic N) is 2. The number of hydrogen-bond acceptors (Lipinski definition) is 5. The Morgan fingerprint density at radius 1 is 1.55 bits per heavy atom. The van der Waals surface area contributed by atoms with Crippen LogP contribution >= 0.6 is 12.2 Å². The number of nitrogens with one attached hydrogen (secondary N) is 1. The molecule has 3 N–H and O–H groups in total. The molecule has 0 aromatic carbocycles. The summed E-state index contributed by atoms with van der Waals surface area (Å²) in [7, 11) is -3.76. The van der Waals surface area contributed by atoms with E-state index in [1.165, 1.54) is 18.3 Å². The van der Waals surface area contributed by atoms with E-state index in [2.05, 4.69) is 10.3 Å². The first kappa shape index (κ1) is 14.8. The fourth-order valence-corrected chi connectivity index (χ4v) is 3.56. The smallest absolute Gasteiger partial charge is 0.245 e. The van der Waals surface area contributed by atoms with Gasteiger partial charge in [-0.15, -0.1) is 0 Å². The molecule has 1 aliphatic heterocycles. The predicted octanol–water partition coefficient (Wildman–Crippen LogP) is -0.775. The van der Waals surface area contributed by atoms with Crippen molar-refractivity contribution in [2.24, 2.45) is 5.73 Å². The third kappa shape index (κ3) is 2.65. The first-order chi connectivity index (χ1) is 9.34. The van der Waals surface area contributed by atoms with Crippen molar-refractivity contribution in [2.45, 2.75) is 17.9 Å². The first-order valence-electron chi connectivity index (χ1n) is 5.89. The van der Waals surface area contributed by atoms with Crippen LogP contribution in [0.2, 0.25) is 0 Å². The number of thiocarbonyl (C=S) groups is 1. The molecule has 0 spiro atoms. The van der Waals surface area contributed by atoms with E-state index in [-0.39, 0.29) is 22.3 Å². The zero-order chi connectivity index (χ0) is 14.9. The lowest BCUT2D eigenvalue weighted by Crippen LogP contribution is -2.55. The molecule has 0 bridgehead atoms. The molecule has 1 atom stereocenters. The minimum Gasteiger partial charge on any atom is -0.388 e. The molecule has 1 unspecified atom stereocenters. The molecule has 20 heavy (non-hydrogen) atoms. The summed E-state index contributed by atoms with van der Waals surface area (Å²) in [5, 5.41) is 2.62. The maximum Gasteiger partial charge on any atom is 0.245 e. The fourth-order valence-electron chi connectivity index (χ4n) is 1.90. The van der Waals surface area contributed by atoms with Crippen molar-refractivity contribution in [3.8, 4) is 0 Å². The molecule has 0 aliphatic carbocycles. The maximum absolute atomic E-state index is 12.5. The zero-order valence-electron chi connectivity index (χ0n) is 10.7. The Hall–Kier alpha value is -1.58. The van der Waals surface area contributed by atoms with Gasteiger partial charge in [-0.3, -0.25) is 9.78 Å². The quantitative estimate of drug-likeness (QED) is 0.710. The highest BCUT2D eigenvalue weighted by Gasteiger charge is 2.35. The molecule has 0 saturated carbocycles. The van der Waals surface area contributed by atoms with Crippen LogP contribution in [0.25, 0.3) is 0 Å². The summed E-state index contributed by atoms with van der Waals surface area (Å²) in [5.41, 5.74) is 5.76. The number of nitrogens with two attached hydrogens (primary N) is 1. The third-order valence-electron chi connectivity index (χ3n) is 3.04. The zero-order valence-corrected chi connectivity index (χ0v) is 12.4. The van der Waals surface area contributed by atoms with Crippen molar-refractivity contribution >= 4 is 33.1 Å². The second-order valence-corrected chi connectivity index (χ2v) is 6.66. The Morgan fingerprint density at radius 3 is 2.80 bits per heavy atom. The van der Waals surface area contributed by atoms with Gasteiger partial charge in [-0.05, 0) is 19.1 Å². The van der Waals surface area contributed by atoms with E-state index in [1.54, 1.807) is 6.92 Å². The Balaban J connectivity index is 2.34. The van der Waals surface area contributed by atoms with Crippen LogP contribution in [0.1, 0.15) is 12.6 Å². The monoisotopic (exact) mass is 314 g/mol. The van der Waals surface area contributed by atoms with Gasteiger partial charge in [0.2, 0.25) is 15.9 Å². The molecular formula is C11H14N4O3S2. The van der Waals surface area contributed by atoms with Gasteiger partial charge >= 0.3 is 0 Å². The van der Waals surface area contributed by atoms with Gasteiger partial charge in [0.25, 0.3) is 0 Å². The molecular weight excluding hydrogens is 300 g/mol. The predicted molar refractivity (Wildman–Crippen MR) is 76.5 cm³/mol. The molecule has 0 radical (unpaired) electrons. The van der Waals surface area contributed by atoms with Crippen LogP contribution in [0.3, 0.4) is 0 Å². The summed E-state index contributed by atoms with van der Waals surface area (Å²) in [5.74, 6) is -0.312. The molecule has 1 amide bonds. The highest BCUT2D eigenvalue weighted by molar-refractivity contribution is 7.89. The highest BCUT2D eigenvalue weighted by atomic mass is 32.2. The summed E-state index contributed by atoms with van der Waals surface area (Å²) >= 11 is 4.76. The standard InChI is InChI=1S/C11H14N4O3S2/c1-7-11(16)13-4-5-15(7)20(17,18)8-2-3-9(10(12)19)14-6-8/h2-3,6-7H,4-5H2,1H3,(H2,12,19)(H,13,16). The topological polar surface area (TPSA) is 105 Å². The molecule has 108 valence electrons. The van der Waals surface area contributed by atoms with E-state index in [1.807, 2.05) is 0 Å². The summed E-state index contributed by atoms with van der Waals surface area (Å²) in [6, 6.07) is 2.09. The maximum atomic E-state index is 12.5. The average Bonchev–Trinajstić information content (AvgIpc) is 2.41. The van der Waals surface area contributed by atoms with Gasteiger partial charge in [-0.25, -0.2) is 8.42 Å². The van der Waals surface area contributed by atoms with E-state index in [0.29, 0.717) is 12.2 Å². The highest BCUT2D eigenvalue weighted by Crippen LogP contribution is 2.19. The Bertz CT molecular complexity index is 642. The number of carbonyl (C=O) groups excluding carboxylic acids is 1. The van der Waals surface area contributed by atoms with Crippen LogP contribution in [-0.2, 0) is 14.8 Å². The summed E-state index contributed by atoms with van der Waals surface area (Å²) in [6.07, 6.45) is 1.20. The van der Waals surface area contributed by atoms with Crippen LogP contribution in [0.4, 0.5) is 0 Å². The molecule has 1 aliphatic rings. The Labute approximate surface area is 122 Å². The summed E-state index contributed by atoms with van der Waals surface area (Å²) in [6.45, 7) is 2.07. The number of aromatic nitrogens is 1. The molecule has 1 fully saturated rings. The number of pyridine rings is 1. The van der Waals surface area contributed by atoms with E-state index in [4.69, 9.17) is 18.0 Å². The molecule has 1 aromatic heterocycles. The molecule has 2 heterocycles. The van der Waals surface area contributed by atoms with Crippen molar-refractivity contribution in [3.63, 3.8) is 0 Å².